The second-order valence-corrected chi connectivity index (χ2v) is 8.12. The lowest BCUT2D eigenvalue weighted by Gasteiger charge is -2.30. The molecule has 0 unspecified atom stereocenters. The Balaban J connectivity index is 5.00. The van der Waals surface area contributed by atoms with E-state index in [9.17, 15) is 14.4 Å². The summed E-state index contributed by atoms with van der Waals surface area (Å²) in [6.07, 6.45) is 10.6. The van der Waals surface area contributed by atoms with Gasteiger partial charge in [0.25, 0.3) is 0 Å². The fourth-order valence-electron chi connectivity index (χ4n) is 1.66. The minimum absolute atomic E-state index is 0.00452. The Morgan fingerprint density at radius 1 is 0.708 bits per heavy atom. The van der Waals surface area contributed by atoms with Crippen LogP contribution in [-0.4, -0.2) is 32.6 Å². The fourth-order valence-corrected chi connectivity index (χ4v) is 5.31. The molecule has 134 valence electrons. The molecule has 0 spiro atoms. The minimum atomic E-state index is -0.244. The van der Waals surface area contributed by atoms with Gasteiger partial charge in [-0.05, 0) is 50.8 Å². The first-order chi connectivity index (χ1) is 11.4. The number of thioether (sulfide) groups is 3. The highest BCUT2D eigenvalue weighted by Crippen LogP contribution is 2.35. The van der Waals surface area contributed by atoms with Gasteiger partial charge < -0.3 is 0 Å². The van der Waals surface area contributed by atoms with Crippen LogP contribution in [0, 0.1) is 5.41 Å². The molecule has 0 aromatic rings. The van der Waals surface area contributed by atoms with Crippen LogP contribution in [0.4, 0.5) is 0 Å². The highest BCUT2D eigenvalue weighted by molar-refractivity contribution is 8.15. The van der Waals surface area contributed by atoms with E-state index in [4.69, 9.17) is 0 Å². The van der Waals surface area contributed by atoms with Crippen molar-refractivity contribution in [2.75, 3.05) is 17.3 Å². The Labute approximate surface area is 158 Å². The summed E-state index contributed by atoms with van der Waals surface area (Å²) in [5, 5.41) is 0.0136. The monoisotopic (exact) mass is 386 g/mol. The first-order valence-electron chi connectivity index (χ1n) is 7.81. The topological polar surface area (TPSA) is 51.2 Å². The quantitative estimate of drug-likeness (QED) is 0.498. The molecule has 0 saturated carbocycles. The number of carbonyl (C=O) groups is 3. The molecule has 0 N–H and O–H groups in total. The Morgan fingerprint density at radius 2 is 1.00 bits per heavy atom. The van der Waals surface area contributed by atoms with Crippen LogP contribution < -0.4 is 0 Å². The SMILES string of the molecule is CC=CC(=O)SCC(CC)(CSC(=O)C=CC)CSC(=O)C=CC. The van der Waals surface area contributed by atoms with E-state index in [2.05, 4.69) is 0 Å². The molecule has 0 bridgehead atoms. The fraction of sp³-hybridized carbons (Fsp3) is 0.500. The second kappa shape index (κ2) is 13.6. The Bertz CT molecular complexity index is 438. The van der Waals surface area contributed by atoms with Gasteiger partial charge in [0, 0.05) is 17.3 Å². The molecule has 0 atom stereocenters. The first-order valence-corrected chi connectivity index (χ1v) is 10.8. The van der Waals surface area contributed by atoms with Gasteiger partial charge in [0.05, 0.1) is 0 Å². The molecule has 0 radical (unpaired) electrons. The molecule has 6 heteroatoms. The molecule has 0 rings (SSSR count). The molecule has 0 aliphatic heterocycles. The van der Waals surface area contributed by atoms with Crippen molar-refractivity contribution >= 4 is 50.6 Å². The maximum Gasteiger partial charge on any atom is 0.211 e. The van der Waals surface area contributed by atoms with Crippen LogP contribution in [0.2, 0.25) is 0 Å². The van der Waals surface area contributed by atoms with Crippen LogP contribution in [0.5, 0.6) is 0 Å². The standard InChI is InChI=1S/C18H26O3S3/c1-5-9-15(19)22-12-18(8-4,13-23-16(20)10-6-2)14-24-17(21)11-7-3/h5-7,9-11H,8,12-14H2,1-4H3. The molecular weight excluding hydrogens is 360 g/mol. The molecule has 0 heterocycles. The second-order valence-electron chi connectivity index (χ2n) is 5.18. The van der Waals surface area contributed by atoms with Crippen LogP contribution >= 0.6 is 35.3 Å². The van der Waals surface area contributed by atoms with Gasteiger partial charge in [-0.1, -0.05) is 60.4 Å². The lowest BCUT2D eigenvalue weighted by atomic mass is 9.92. The zero-order valence-corrected chi connectivity index (χ0v) is 17.2. The maximum atomic E-state index is 11.8. The number of hydrogen-bond acceptors (Lipinski definition) is 6. The van der Waals surface area contributed by atoms with E-state index in [0.29, 0.717) is 17.3 Å². The van der Waals surface area contributed by atoms with Gasteiger partial charge in [-0.15, -0.1) is 0 Å². The molecular formula is C18H26O3S3. The normalized spacial score (nSPS) is 14.5. The Morgan fingerprint density at radius 3 is 1.21 bits per heavy atom. The van der Waals surface area contributed by atoms with Crippen molar-refractivity contribution in [2.24, 2.45) is 5.41 Å². The van der Waals surface area contributed by atoms with Crippen molar-refractivity contribution < 1.29 is 14.4 Å². The third-order valence-corrected chi connectivity index (χ3v) is 6.75. The molecule has 24 heavy (non-hydrogen) atoms. The highest BCUT2D eigenvalue weighted by atomic mass is 32.2. The van der Waals surface area contributed by atoms with Crippen molar-refractivity contribution in [1.29, 1.82) is 0 Å². The number of rotatable bonds is 10. The summed E-state index contributed by atoms with van der Waals surface area (Å²) in [5.41, 5.74) is -0.244. The van der Waals surface area contributed by atoms with Crippen LogP contribution in [0.1, 0.15) is 34.1 Å². The van der Waals surface area contributed by atoms with E-state index in [1.54, 1.807) is 36.5 Å². The van der Waals surface area contributed by atoms with Crippen molar-refractivity contribution in [1.82, 2.24) is 0 Å². The minimum Gasteiger partial charge on any atom is -0.282 e. The van der Waals surface area contributed by atoms with Crippen LogP contribution in [0.25, 0.3) is 0 Å². The average Bonchev–Trinajstić information content (AvgIpc) is 2.55. The molecule has 0 amide bonds. The van der Waals surface area contributed by atoms with Crippen LogP contribution in [0.3, 0.4) is 0 Å². The number of hydrogen-bond donors (Lipinski definition) is 0. The predicted octanol–water partition coefficient (Wildman–Crippen LogP) is 4.89. The average molecular weight is 387 g/mol. The van der Waals surface area contributed by atoms with Gasteiger partial charge in [0.1, 0.15) is 0 Å². The summed E-state index contributed by atoms with van der Waals surface area (Å²) in [6, 6.07) is 0. The van der Waals surface area contributed by atoms with Crippen molar-refractivity contribution in [2.45, 2.75) is 34.1 Å². The lowest BCUT2D eigenvalue weighted by molar-refractivity contribution is -0.107. The summed E-state index contributed by atoms with van der Waals surface area (Å²) in [7, 11) is 0. The van der Waals surface area contributed by atoms with Crippen molar-refractivity contribution in [3.05, 3.63) is 36.5 Å². The van der Waals surface area contributed by atoms with E-state index in [0.717, 1.165) is 6.42 Å². The zero-order chi connectivity index (χ0) is 18.4. The maximum absolute atomic E-state index is 11.8. The summed E-state index contributed by atoms with van der Waals surface area (Å²) < 4.78 is 0. The first kappa shape index (κ1) is 23.3. The third kappa shape index (κ3) is 10.2. The number of carbonyl (C=O) groups excluding carboxylic acids is 3. The van der Waals surface area contributed by atoms with Gasteiger partial charge >= 0.3 is 0 Å². The molecule has 0 fully saturated rings. The van der Waals surface area contributed by atoms with E-state index in [1.807, 2.05) is 27.7 Å². The van der Waals surface area contributed by atoms with Crippen molar-refractivity contribution in [3.8, 4) is 0 Å². The molecule has 3 nitrogen and oxygen atoms in total. The molecule has 0 aromatic carbocycles. The summed E-state index contributed by atoms with van der Waals surface area (Å²) in [4.78, 5) is 35.4. The summed E-state index contributed by atoms with van der Waals surface area (Å²) >= 11 is 3.75. The summed E-state index contributed by atoms with van der Waals surface area (Å²) in [5.74, 6) is 1.79. The molecule has 0 aliphatic rings. The lowest BCUT2D eigenvalue weighted by Crippen LogP contribution is -2.31. The van der Waals surface area contributed by atoms with Gasteiger partial charge in [-0.2, -0.15) is 0 Å². The van der Waals surface area contributed by atoms with Gasteiger partial charge in [-0.3, -0.25) is 14.4 Å². The third-order valence-electron chi connectivity index (χ3n) is 3.22. The molecule has 0 aromatic heterocycles. The Hall–Kier alpha value is -0.720. The largest absolute Gasteiger partial charge is 0.282 e. The van der Waals surface area contributed by atoms with Crippen LogP contribution in [0.15, 0.2) is 36.5 Å². The van der Waals surface area contributed by atoms with Crippen LogP contribution in [-0.2, 0) is 14.4 Å². The predicted molar refractivity (Wildman–Crippen MR) is 110 cm³/mol. The van der Waals surface area contributed by atoms with Crippen molar-refractivity contribution in [3.63, 3.8) is 0 Å². The molecule has 0 saturated heterocycles. The highest BCUT2D eigenvalue weighted by Gasteiger charge is 2.31. The van der Waals surface area contributed by atoms with E-state index in [-0.39, 0.29) is 20.8 Å². The van der Waals surface area contributed by atoms with Gasteiger partial charge in [-0.25, -0.2) is 0 Å². The number of allylic oxidation sites excluding steroid dienone is 3. The van der Waals surface area contributed by atoms with E-state index in [1.165, 1.54) is 35.3 Å². The van der Waals surface area contributed by atoms with E-state index < -0.39 is 0 Å². The molecule has 0 aliphatic carbocycles. The van der Waals surface area contributed by atoms with Gasteiger partial charge in [0.2, 0.25) is 15.3 Å². The summed E-state index contributed by atoms with van der Waals surface area (Å²) in [6.45, 7) is 7.47. The van der Waals surface area contributed by atoms with Gasteiger partial charge in [0.15, 0.2) is 0 Å². The smallest absolute Gasteiger partial charge is 0.211 e. The Kier molecular flexibility index (Phi) is 13.2. The zero-order valence-electron chi connectivity index (χ0n) is 14.7. The van der Waals surface area contributed by atoms with E-state index >= 15 is 0 Å².